The highest BCUT2D eigenvalue weighted by molar-refractivity contribution is 9.11. The van der Waals surface area contributed by atoms with Gasteiger partial charge in [-0.1, -0.05) is 68.3 Å². The number of hydrogen-bond acceptors (Lipinski definition) is 4. The quantitative estimate of drug-likeness (QED) is 0.365. The standard InChI is InChI=1S/C23H16Br2N2O2S/c24-17-9-8-16(20(25)13-17)14-29-19-10-6-15(7-11-19)12-21-22(28)27-23(30-21)26-18-4-2-1-3-5-18/h1-13H,14H2,(H,26,27,28)/b21-12-. The molecular weight excluding hydrogens is 528 g/mol. The predicted molar refractivity (Wildman–Crippen MR) is 130 cm³/mol. The molecule has 1 amide bonds. The Kier molecular flexibility index (Phi) is 6.72. The summed E-state index contributed by atoms with van der Waals surface area (Å²) in [6.07, 6.45) is 1.85. The molecule has 1 fully saturated rings. The second kappa shape index (κ2) is 9.64. The number of rotatable bonds is 5. The van der Waals surface area contributed by atoms with Crippen LogP contribution < -0.4 is 10.1 Å². The van der Waals surface area contributed by atoms with Crippen molar-refractivity contribution >= 4 is 66.5 Å². The van der Waals surface area contributed by atoms with Crippen molar-refractivity contribution in [2.24, 2.45) is 4.99 Å². The summed E-state index contributed by atoms with van der Waals surface area (Å²) >= 11 is 8.32. The fourth-order valence-corrected chi connectivity index (χ4v) is 4.72. The van der Waals surface area contributed by atoms with E-state index >= 15 is 0 Å². The average Bonchev–Trinajstić information content (AvgIpc) is 3.08. The minimum absolute atomic E-state index is 0.143. The Labute approximate surface area is 195 Å². The van der Waals surface area contributed by atoms with Crippen LogP contribution in [0.1, 0.15) is 11.1 Å². The Morgan fingerprint density at radius 3 is 2.50 bits per heavy atom. The third-order valence-electron chi connectivity index (χ3n) is 4.23. The van der Waals surface area contributed by atoms with Crippen molar-refractivity contribution in [2.75, 3.05) is 0 Å². The maximum atomic E-state index is 12.2. The highest BCUT2D eigenvalue weighted by Gasteiger charge is 2.23. The molecule has 7 heteroatoms. The molecule has 0 bridgehead atoms. The summed E-state index contributed by atoms with van der Waals surface area (Å²) < 4.78 is 7.88. The molecule has 4 nitrogen and oxygen atoms in total. The lowest BCUT2D eigenvalue weighted by Crippen LogP contribution is -2.19. The van der Waals surface area contributed by atoms with Gasteiger partial charge < -0.3 is 10.1 Å². The fourth-order valence-electron chi connectivity index (χ4n) is 2.71. The van der Waals surface area contributed by atoms with Crippen molar-refractivity contribution in [2.45, 2.75) is 6.61 Å². The molecule has 0 saturated carbocycles. The normalized spacial score (nSPS) is 16.1. The van der Waals surface area contributed by atoms with Crippen molar-refractivity contribution in [3.8, 4) is 5.75 Å². The Hall–Kier alpha value is -2.35. The molecule has 1 aliphatic rings. The number of carbonyl (C=O) groups is 1. The van der Waals surface area contributed by atoms with E-state index < -0.39 is 0 Å². The van der Waals surface area contributed by atoms with Crippen LogP contribution in [0.4, 0.5) is 5.69 Å². The summed E-state index contributed by atoms with van der Waals surface area (Å²) in [5.74, 6) is 0.622. The molecule has 1 N–H and O–H groups in total. The lowest BCUT2D eigenvalue weighted by molar-refractivity contribution is -0.115. The van der Waals surface area contributed by atoms with E-state index in [4.69, 9.17) is 4.74 Å². The van der Waals surface area contributed by atoms with Gasteiger partial charge >= 0.3 is 0 Å². The van der Waals surface area contributed by atoms with Crippen LogP contribution in [0.5, 0.6) is 5.75 Å². The summed E-state index contributed by atoms with van der Waals surface area (Å²) in [6.45, 7) is 0.464. The summed E-state index contributed by atoms with van der Waals surface area (Å²) in [5, 5.41) is 3.39. The van der Waals surface area contributed by atoms with Gasteiger partial charge in [-0.25, -0.2) is 4.99 Å². The van der Waals surface area contributed by atoms with E-state index in [1.807, 2.05) is 78.9 Å². The van der Waals surface area contributed by atoms with Crippen LogP contribution in [0.2, 0.25) is 0 Å². The number of thioether (sulfide) groups is 1. The first kappa shape index (κ1) is 20.9. The molecule has 0 atom stereocenters. The zero-order valence-electron chi connectivity index (χ0n) is 15.6. The largest absolute Gasteiger partial charge is 0.489 e. The van der Waals surface area contributed by atoms with Gasteiger partial charge in [-0.2, -0.15) is 0 Å². The molecule has 1 heterocycles. The van der Waals surface area contributed by atoms with Crippen LogP contribution in [0, 0.1) is 0 Å². The lowest BCUT2D eigenvalue weighted by Gasteiger charge is -2.08. The van der Waals surface area contributed by atoms with Crippen molar-refractivity contribution in [3.63, 3.8) is 0 Å². The highest BCUT2D eigenvalue weighted by atomic mass is 79.9. The van der Waals surface area contributed by atoms with E-state index in [1.165, 1.54) is 11.8 Å². The number of hydrogen-bond donors (Lipinski definition) is 1. The van der Waals surface area contributed by atoms with Gasteiger partial charge in [0.15, 0.2) is 5.17 Å². The van der Waals surface area contributed by atoms with Crippen molar-refractivity contribution in [1.29, 1.82) is 0 Å². The number of aliphatic imine (C=N–C) groups is 1. The van der Waals surface area contributed by atoms with E-state index in [2.05, 4.69) is 42.2 Å². The van der Waals surface area contributed by atoms with Gasteiger partial charge in [-0.05, 0) is 59.8 Å². The first-order valence-corrected chi connectivity index (χ1v) is 11.5. The number of para-hydroxylation sites is 1. The number of carbonyl (C=O) groups excluding carboxylic acids is 1. The van der Waals surface area contributed by atoms with Crippen LogP contribution in [0.3, 0.4) is 0 Å². The third kappa shape index (κ3) is 5.41. The molecule has 0 unspecified atom stereocenters. The zero-order chi connectivity index (χ0) is 20.9. The van der Waals surface area contributed by atoms with E-state index in [-0.39, 0.29) is 5.91 Å². The van der Waals surface area contributed by atoms with Crippen LogP contribution in [0.15, 0.2) is 91.6 Å². The monoisotopic (exact) mass is 542 g/mol. The molecule has 3 aromatic rings. The number of ether oxygens (including phenoxy) is 1. The first-order valence-electron chi connectivity index (χ1n) is 9.08. The molecule has 0 aliphatic carbocycles. The molecule has 0 radical (unpaired) electrons. The number of nitrogens with one attached hydrogen (secondary N) is 1. The lowest BCUT2D eigenvalue weighted by atomic mass is 10.2. The molecule has 150 valence electrons. The van der Waals surface area contributed by atoms with Crippen LogP contribution in [-0.4, -0.2) is 11.1 Å². The van der Waals surface area contributed by atoms with E-state index in [0.717, 1.165) is 31.5 Å². The Morgan fingerprint density at radius 2 is 1.77 bits per heavy atom. The smallest absolute Gasteiger partial charge is 0.264 e. The molecule has 1 saturated heterocycles. The molecular formula is C23H16Br2N2O2S. The molecule has 0 aromatic heterocycles. The SMILES string of the molecule is O=C1NC(=Nc2ccccc2)S/C1=C\c1ccc(OCc2ccc(Br)cc2Br)cc1. The second-order valence-corrected chi connectivity index (χ2v) is 9.21. The molecule has 30 heavy (non-hydrogen) atoms. The van der Waals surface area contributed by atoms with Gasteiger partial charge in [0.2, 0.25) is 0 Å². The minimum Gasteiger partial charge on any atom is -0.489 e. The average molecular weight is 544 g/mol. The van der Waals surface area contributed by atoms with Crippen LogP contribution in [-0.2, 0) is 11.4 Å². The van der Waals surface area contributed by atoms with Crippen LogP contribution >= 0.6 is 43.6 Å². The van der Waals surface area contributed by atoms with Crippen molar-refractivity contribution in [3.05, 3.63) is 97.8 Å². The predicted octanol–water partition coefficient (Wildman–Crippen LogP) is 6.68. The molecule has 3 aromatic carbocycles. The number of benzene rings is 3. The van der Waals surface area contributed by atoms with Crippen molar-refractivity contribution < 1.29 is 9.53 Å². The number of amidine groups is 1. The Balaban J connectivity index is 1.41. The van der Waals surface area contributed by atoms with Gasteiger partial charge in [0, 0.05) is 14.5 Å². The van der Waals surface area contributed by atoms with Crippen molar-refractivity contribution in [1.82, 2.24) is 5.32 Å². The van der Waals surface area contributed by atoms with Gasteiger partial charge in [0.05, 0.1) is 10.6 Å². The summed E-state index contributed by atoms with van der Waals surface area (Å²) in [7, 11) is 0. The summed E-state index contributed by atoms with van der Waals surface area (Å²) in [6, 6.07) is 23.2. The Bertz CT molecular complexity index is 1130. The van der Waals surface area contributed by atoms with Gasteiger partial charge in [0.1, 0.15) is 12.4 Å². The van der Waals surface area contributed by atoms with Gasteiger partial charge in [-0.3, -0.25) is 4.79 Å². The second-order valence-electron chi connectivity index (χ2n) is 6.41. The molecule has 1 aliphatic heterocycles. The van der Waals surface area contributed by atoms with Crippen LogP contribution in [0.25, 0.3) is 6.08 Å². The highest BCUT2D eigenvalue weighted by Crippen LogP contribution is 2.29. The van der Waals surface area contributed by atoms with Gasteiger partial charge in [0.25, 0.3) is 5.91 Å². The summed E-state index contributed by atoms with van der Waals surface area (Å²) in [5.41, 5.74) is 2.79. The summed E-state index contributed by atoms with van der Waals surface area (Å²) in [4.78, 5) is 17.3. The third-order valence-corrected chi connectivity index (χ3v) is 6.37. The van der Waals surface area contributed by atoms with E-state index in [1.54, 1.807) is 0 Å². The molecule has 4 rings (SSSR count). The molecule has 0 spiro atoms. The maximum Gasteiger partial charge on any atom is 0.264 e. The first-order chi connectivity index (χ1) is 14.6. The van der Waals surface area contributed by atoms with Gasteiger partial charge in [-0.15, -0.1) is 0 Å². The zero-order valence-corrected chi connectivity index (χ0v) is 19.6. The maximum absolute atomic E-state index is 12.2. The number of halogens is 2. The fraction of sp³-hybridized carbons (Fsp3) is 0.0435. The van der Waals surface area contributed by atoms with E-state index in [0.29, 0.717) is 16.7 Å². The topological polar surface area (TPSA) is 50.7 Å². The van der Waals surface area contributed by atoms with E-state index in [9.17, 15) is 4.79 Å². The minimum atomic E-state index is -0.143. The Morgan fingerprint density at radius 1 is 1.00 bits per heavy atom. The number of nitrogens with zero attached hydrogens (tertiary/aromatic N) is 1. The number of amides is 1.